The molecule has 0 atom stereocenters. The van der Waals surface area contributed by atoms with Crippen LogP contribution < -0.4 is 4.74 Å². The van der Waals surface area contributed by atoms with Crippen molar-refractivity contribution in [3.8, 4) is 16.3 Å². The van der Waals surface area contributed by atoms with E-state index in [0.29, 0.717) is 18.8 Å². The molecule has 6 nitrogen and oxygen atoms in total. The van der Waals surface area contributed by atoms with Crippen LogP contribution in [0.15, 0.2) is 48.1 Å². The van der Waals surface area contributed by atoms with Gasteiger partial charge in [-0.25, -0.2) is 0 Å². The lowest BCUT2D eigenvalue weighted by Gasteiger charge is -2.31. The minimum Gasteiger partial charge on any atom is -0.489 e. The molecule has 0 saturated carbocycles. The summed E-state index contributed by atoms with van der Waals surface area (Å²) in [6, 6.07) is 9.58. The molecule has 1 fully saturated rings. The number of thiophene rings is 1. The molecule has 0 radical (unpaired) electrons. The van der Waals surface area contributed by atoms with Crippen LogP contribution in [0.5, 0.6) is 5.75 Å². The Morgan fingerprint density at radius 2 is 2.16 bits per heavy atom. The molecular weight excluding hydrogens is 336 g/mol. The summed E-state index contributed by atoms with van der Waals surface area (Å²) in [7, 11) is 0. The quantitative estimate of drug-likeness (QED) is 0.781. The smallest absolute Gasteiger partial charge is 0.274 e. The van der Waals surface area contributed by atoms with E-state index in [0.717, 1.165) is 29.2 Å². The molecule has 0 unspecified atom stereocenters. The molecule has 1 aliphatic rings. The summed E-state index contributed by atoms with van der Waals surface area (Å²) in [4.78, 5) is 19.6. The average molecular weight is 354 g/mol. The van der Waals surface area contributed by atoms with Gasteiger partial charge in [0.25, 0.3) is 5.91 Å². The average Bonchev–Trinajstić information content (AvgIpc) is 3.34. The van der Waals surface area contributed by atoms with E-state index in [1.54, 1.807) is 23.7 Å². The fraction of sp³-hybridized carbons (Fsp3) is 0.278. The Morgan fingerprint density at radius 3 is 2.88 bits per heavy atom. The van der Waals surface area contributed by atoms with Crippen molar-refractivity contribution in [2.45, 2.75) is 18.9 Å². The fourth-order valence-corrected chi connectivity index (χ4v) is 3.63. The van der Waals surface area contributed by atoms with Crippen LogP contribution >= 0.6 is 11.3 Å². The van der Waals surface area contributed by atoms with Crippen LogP contribution in [0.1, 0.15) is 23.3 Å². The van der Waals surface area contributed by atoms with E-state index < -0.39 is 0 Å². The Balaban J connectivity index is 1.35. The Bertz CT molecular complexity index is 824. The van der Waals surface area contributed by atoms with Crippen LogP contribution in [0.25, 0.3) is 10.6 Å². The number of H-pyrrole nitrogens is 1. The zero-order valence-electron chi connectivity index (χ0n) is 13.6. The first kappa shape index (κ1) is 15.8. The topological polar surface area (TPSA) is 71.1 Å². The lowest BCUT2D eigenvalue weighted by atomic mass is 10.1. The number of piperidine rings is 1. The summed E-state index contributed by atoms with van der Waals surface area (Å²) in [5.74, 6) is 0.749. The highest BCUT2D eigenvalue weighted by Crippen LogP contribution is 2.24. The summed E-state index contributed by atoms with van der Waals surface area (Å²) < 4.78 is 5.92. The maximum Gasteiger partial charge on any atom is 0.274 e. The zero-order chi connectivity index (χ0) is 17.1. The highest BCUT2D eigenvalue weighted by molar-refractivity contribution is 7.13. The monoisotopic (exact) mass is 354 g/mol. The van der Waals surface area contributed by atoms with Gasteiger partial charge in [-0.3, -0.25) is 14.9 Å². The largest absolute Gasteiger partial charge is 0.489 e. The number of hydrogen-bond donors (Lipinski definition) is 1. The molecule has 4 rings (SSSR count). The lowest BCUT2D eigenvalue weighted by Crippen LogP contribution is -2.41. The molecule has 1 amide bonds. The first-order valence-electron chi connectivity index (χ1n) is 8.25. The number of aromatic nitrogens is 3. The molecular formula is C18H18N4O2S. The summed E-state index contributed by atoms with van der Waals surface area (Å²) in [6.07, 6.45) is 5.18. The third kappa shape index (κ3) is 3.56. The van der Waals surface area contributed by atoms with Crippen molar-refractivity contribution in [3.05, 3.63) is 53.8 Å². The first-order chi connectivity index (χ1) is 12.3. The second-order valence-corrected chi connectivity index (χ2v) is 6.89. The number of carbonyl (C=O) groups is 1. The van der Waals surface area contributed by atoms with Gasteiger partial charge in [0.05, 0.1) is 16.8 Å². The Kier molecular flexibility index (Phi) is 4.47. The molecule has 0 spiro atoms. The Morgan fingerprint density at radius 1 is 1.28 bits per heavy atom. The van der Waals surface area contributed by atoms with Gasteiger partial charge >= 0.3 is 0 Å². The molecule has 7 heteroatoms. The van der Waals surface area contributed by atoms with Gasteiger partial charge < -0.3 is 9.64 Å². The SMILES string of the molecule is O=C(c1cc(-c2cccs2)[nH]n1)N1CCC(Oc2cccnc2)CC1. The first-order valence-corrected chi connectivity index (χ1v) is 9.13. The number of hydrogen-bond acceptors (Lipinski definition) is 5. The Hall–Kier alpha value is -2.67. The van der Waals surface area contributed by atoms with E-state index >= 15 is 0 Å². The number of nitrogens with zero attached hydrogens (tertiary/aromatic N) is 3. The molecule has 128 valence electrons. The molecule has 3 aromatic heterocycles. The number of likely N-dealkylation sites (tertiary alicyclic amines) is 1. The maximum atomic E-state index is 12.6. The van der Waals surface area contributed by atoms with Crippen molar-refractivity contribution in [2.75, 3.05) is 13.1 Å². The standard InChI is InChI=1S/C18H18N4O2S/c23-18(16-11-15(20-21-16)17-4-2-10-25-17)22-8-5-13(6-9-22)24-14-3-1-7-19-12-14/h1-4,7,10-13H,5-6,8-9H2,(H,20,21). The second kappa shape index (κ2) is 7.06. The third-order valence-corrected chi connectivity index (χ3v) is 5.15. The van der Waals surface area contributed by atoms with Gasteiger partial charge in [-0.1, -0.05) is 6.07 Å². The van der Waals surface area contributed by atoms with Crippen LogP contribution in [-0.2, 0) is 0 Å². The van der Waals surface area contributed by atoms with Crippen molar-refractivity contribution in [2.24, 2.45) is 0 Å². The van der Waals surface area contributed by atoms with E-state index in [4.69, 9.17) is 4.74 Å². The maximum absolute atomic E-state index is 12.6. The van der Waals surface area contributed by atoms with Gasteiger partial charge in [-0.05, 0) is 29.6 Å². The molecule has 0 bridgehead atoms. The lowest BCUT2D eigenvalue weighted by molar-refractivity contribution is 0.0589. The number of rotatable bonds is 4. The number of carbonyl (C=O) groups excluding carboxylic acids is 1. The van der Waals surface area contributed by atoms with E-state index in [-0.39, 0.29) is 12.0 Å². The van der Waals surface area contributed by atoms with E-state index in [1.807, 2.05) is 40.6 Å². The summed E-state index contributed by atoms with van der Waals surface area (Å²) in [5.41, 5.74) is 1.35. The normalized spacial score (nSPS) is 15.3. The van der Waals surface area contributed by atoms with Crippen molar-refractivity contribution in [1.29, 1.82) is 0 Å². The van der Waals surface area contributed by atoms with Crippen LogP contribution in [-0.4, -0.2) is 45.2 Å². The van der Waals surface area contributed by atoms with Crippen molar-refractivity contribution < 1.29 is 9.53 Å². The molecule has 1 saturated heterocycles. The van der Waals surface area contributed by atoms with E-state index in [2.05, 4.69) is 15.2 Å². The number of ether oxygens (including phenoxy) is 1. The van der Waals surface area contributed by atoms with Crippen LogP contribution in [0.4, 0.5) is 0 Å². The molecule has 1 N–H and O–H groups in total. The highest BCUT2D eigenvalue weighted by Gasteiger charge is 2.26. The molecule has 3 aromatic rings. The molecule has 0 aromatic carbocycles. The van der Waals surface area contributed by atoms with Gasteiger partial charge in [-0.15, -0.1) is 11.3 Å². The van der Waals surface area contributed by atoms with Crippen molar-refractivity contribution in [1.82, 2.24) is 20.1 Å². The van der Waals surface area contributed by atoms with Gasteiger partial charge in [0, 0.05) is 32.1 Å². The van der Waals surface area contributed by atoms with Gasteiger partial charge in [0.15, 0.2) is 5.69 Å². The highest BCUT2D eigenvalue weighted by atomic mass is 32.1. The predicted octanol–water partition coefficient (Wildman–Crippen LogP) is 3.22. The predicted molar refractivity (Wildman–Crippen MR) is 95.7 cm³/mol. The number of nitrogens with one attached hydrogen (secondary N) is 1. The van der Waals surface area contributed by atoms with Crippen molar-refractivity contribution >= 4 is 17.2 Å². The Labute approximate surface area is 149 Å². The van der Waals surface area contributed by atoms with Crippen LogP contribution in [0.3, 0.4) is 0 Å². The summed E-state index contributed by atoms with van der Waals surface area (Å²) in [5, 5.41) is 9.14. The van der Waals surface area contributed by atoms with Crippen LogP contribution in [0.2, 0.25) is 0 Å². The number of aromatic amines is 1. The summed E-state index contributed by atoms with van der Waals surface area (Å²) >= 11 is 1.62. The van der Waals surface area contributed by atoms with Crippen molar-refractivity contribution in [3.63, 3.8) is 0 Å². The van der Waals surface area contributed by atoms with E-state index in [1.165, 1.54) is 0 Å². The van der Waals surface area contributed by atoms with Gasteiger partial charge in [-0.2, -0.15) is 5.10 Å². The number of pyridine rings is 1. The fourth-order valence-electron chi connectivity index (χ4n) is 2.94. The minimum atomic E-state index is -0.0288. The third-order valence-electron chi connectivity index (χ3n) is 4.25. The summed E-state index contributed by atoms with van der Waals surface area (Å²) in [6.45, 7) is 1.34. The zero-order valence-corrected chi connectivity index (χ0v) is 14.4. The molecule has 1 aliphatic heterocycles. The minimum absolute atomic E-state index is 0.0288. The molecule has 4 heterocycles. The van der Waals surface area contributed by atoms with Crippen LogP contribution in [0, 0.1) is 0 Å². The molecule has 25 heavy (non-hydrogen) atoms. The van der Waals surface area contributed by atoms with Gasteiger partial charge in [0.2, 0.25) is 0 Å². The van der Waals surface area contributed by atoms with Gasteiger partial charge in [0.1, 0.15) is 11.9 Å². The second-order valence-electron chi connectivity index (χ2n) is 5.94. The van der Waals surface area contributed by atoms with E-state index in [9.17, 15) is 4.79 Å². The number of amides is 1. The molecule has 0 aliphatic carbocycles.